The van der Waals surface area contributed by atoms with Gasteiger partial charge < -0.3 is 9.47 Å². The zero-order valence-electron chi connectivity index (χ0n) is 11.8. The summed E-state index contributed by atoms with van der Waals surface area (Å²) in [6.45, 7) is 1.16. The third-order valence-corrected chi connectivity index (χ3v) is 4.19. The molecular formula is C17H17FO3. The van der Waals surface area contributed by atoms with E-state index >= 15 is 0 Å². The van der Waals surface area contributed by atoms with Gasteiger partial charge in [-0.15, -0.1) is 0 Å². The van der Waals surface area contributed by atoms with Gasteiger partial charge in [0.15, 0.2) is 0 Å². The lowest BCUT2D eigenvalue weighted by Gasteiger charge is -2.27. The minimum atomic E-state index is -0.906. The van der Waals surface area contributed by atoms with Crippen LogP contribution in [0.1, 0.15) is 12.0 Å². The molecule has 2 atom stereocenters. The summed E-state index contributed by atoms with van der Waals surface area (Å²) in [5, 5.41) is 0. The van der Waals surface area contributed by atoms with Crippen molar-refractivity contribution in [3.05, 3.63) is 59.4 Å². The molecule has 1 aromatic rings. The molecule has 0 bridgehead atoms. The van der Waals surface area contributed by atoms with Crippen LogP contribution in [0.15, 0.2) is 48.1 Å². The highest BCUT2D eigenvalue weighted by molar-refractivity contribution is 5.86. The fourth-order valence-electron chi connectivity index (χ4n) is 3.03. The van der Waals surface area contributed by atoms with Crippen LogP contribution in [0.4, 0.5) is 4.39 Å². The Morgan fingerprint density at radius 2 is 2.14 bits per heavy atom. The molecule has 1 aliphatic heterocycles. The van der Waals surface area contributed by atoms with Crippen molar-refractivity contribution >= 4 is 5.97 Å². The summed E-state index contributed by atoms with van der Waals surface area (Å²) in [7, 11) is 1.38. The summed E-state index contributed by atoms with van der Waals surface area (Å²) in [5.41, 5.74) is 0.912. The summed E-state index contributed by atoms with van der Waals surface area (Å²) in [6, 6.07) is 6.03. The molecule has 0 N–H and O–H groups in total. The first kappa shape index (κ1) is 14.0. The fraction of sp³-hybridized carbons (Fsp3) is 0.353. The lowest BCUT2D eigenvalue weighted by atomic mass is 9.76. The Kier molecular flexibility index (Phi) is 3.64. The van der Waals surface area contributed by atoms with Crippen molar-refractivity contribution in [3.8, 4) is 0 Å². The zero-order valence-corrected chi connectivity index (χ0v) is 11.8. The summed E-state index contributed by atoms with van der Waals surface area (Å²) in [6.07, 6.45) is 6.52. The maximum absolute atomic E-state index is 13.2. The van der Waals surface area contributed by atoms with E-state index in [0.717, 1.165) is 11.1 Å². The van der Waals surface area contributed by atoms with E-state index in [1.165, 1.54) is 19.2 Å². The van der Waals surface area contributed by atoms with E-state index in [2.05, 4.69) is 6.08 Å². The van der Waals surface area contributed by atoms with Gasteiger partial charge in [0.2, 0.25) is 0 Å². The molecule has 0 unspecified atom stereocenters. The van der Waals surface area contributed by atoms with Gasteiger partial charge in [0, 0.05) is 5.92 Å². The third-order valence-electron chi connectivity index (χ3n) is 4.19. The summed E-state index contributed by atoms with van der Waals surface area (Å²) in [5.74, 6) is -0.437. The number of ether oxygens (including phenoxy) is 2. The minimum absolute atomic E-state index is 0.219. The van der Waals surface area contributed by atoms with Gasteiger partial charge in [-0.05, 0) is 29.7 Å². The average Bonchev–Trinajstić information content (AvgIpc) is 2.85. The van der Waals surface area contributed by atoms with E-state index in [9.17, 15) is 9.18 Å². The van der Waals surface area contributed by atoms with Gasteiger partial charge in [-0.1, -0.05) is 30.4 Å². The van der Waals surface area contributed by atoms with Crippen LogP contribution < -0.4 is 0 Å². The third kappa shape index (κ3) is 2.40. The number of carbonyl (C=O) groups excluding carboxylic acids is 1. The molecule has 1 fully saturated rings. The molecule has 1 aliphatic carbocycles. The van der Waals surface area contributed by atoms with E-state index in [1.807, 2.05) is 12.2 Å². The standard InChI is InChI=1S/C17H17FO3/c1-20-16(19)17(14-4-6-15(18)7-5-14)8-2-3-12-10-21-11-13(12)9-17/h2-7,9,12H,8,10-11H2,1H3/t12-,17+/m1/s1. The van der Waals surface area contributed by atoms with Crippen LogP contribution in [0.5, 0.6) is 0 Å². The lowest BCUT2D eigenvalue weighted by molar-refractivity contribution is -0.145. The van der Waals surface area contributed by atoms with Crippen molar-refractivity contribution in [3.63, 3.8) is 0 Å². The van der Waals surface area contributed by atoms with Gasteiger partial charge >= 0.3 is 5.97 Å². The molecule has 4 heteroatoms. The predicted octanol–water partition coefficient (Wildman–Crippen LogP) is 2.77. The van der Waals surface area contributed by atoms with Crippen LogP contribution >= 0.6 is 0 Å². The van der Waals surface area contributed by atoms with Crippen LogP contribution in [0.2, 0.25) is 0 Å². The number of hydrogen-bond donors (Lipinski definition) is 0. The van der Waals surface area contributed by atoms with E-state index < -0.39 is 5.41 Å². The van der Waals surface area contributed by atoms with Crippen LogP contribution in [-0.2, 0) is 19.7 Å². The Bertz CT molecular complexity index is 603. The lowest BCUT2D eigenvalue weighted by Crippen LogP contribution is -2.35. The largest absolute Gasteiger partial charge is 0.468 e. The van der Waals surface area contributed by atoms with Crippen molar-refractivity contribution in [2.45, 2.75) is 11.8 Å². The topological polar surface area (TPSA) is 35.5 Å². The molecule has 0 amide bonds. The SMILES string of the molecule is COC(=O)[C@]1(c2ccc(F)cc2)C=C2COC[C@H]2C=CC1. The molecule has 0 spiro atoms. The van der Waals surface area contributed by atoms with Crippen molar-refractivity contribution in [1.29, 1.82) is 0 Å². The Morgan fingerprint density at radius 1 is 1.38 bits per heavy atom. The van der Waals surface area contributed by atoms with E-state index in [0.29, 0.717) is 19.6 Å². The quantitative estimate of drug-likeness (QED) is 0.620. The maximum Gasteiger partial charge on any atom is 0.320 e. The van der Waals surface area contributed by atoms with E-state index in [-0.39, 0.29) is 17.7 Å². The van der Waals surface area contributed by atoms with E-state index in [1.54, 1.807) is 12.1 Å². The van der Waals surface area contributed by atoms with Gasteiger partial charge in [-0.3, -0.25) is 4.79 Å². The number of hydrogen-bond acceptors (Lipinski definition) is 3. The Balaban J connectivity index is 2.13. The van der Waals surface area contributed by atoms with Crippen LogP contribution in [0.25, 0.3) is 0 Å². The Hall–Kier alpha value is -1.94. The fourth-order valence-corrected chi connectivity index (χ4v) is 3.03. The van der Waals surface area contributed by atoms with Crippen LogP contribution in [0.3, 0.4) is 0 Å². The first-order valence-corrected chi connectivity index (χ1v) is 6.96. The number of esters is 1. The normalized spacial score (nSPS) is 27.7. The molecule has 1 saturated heterocycles. The van der Waals surface area contributed by atoms with Crippen LogP contribution in [-0.4, -0.2) is 26.3 Å². The highest BCUT2D eigenvalue weighted by Gasteiger charge is 2.41. The monoisotopic (exact) mass is 288 g/mol. The van der Waals surface area contributed by atoms with Crippen LogP contribution in [0, 0.1) is 11.7 Å². The van der Waals surface area contributed by atoms with Gasteiger partial charge in [0.25, 0.3) is 0 Å². The smallest absolute Gasteiger partial charge is 0.320 e. The van der Waals surface area contributed by atoms with Gasteiger partial charge in [-0.25, -0.2) is 4.39 Å². The number of methoxy groups -OCH3 is 1. The Morgan fingerprint density at radius 3 is 2.86 bits per heavy atom. The zero-order chi connectivity index (χ0) is 14.9. The van der Waals surface area contributed by atoms with Crippen molar-refractivity contribution in [1.82, 2.24) is 0 Å². The molecule has 0 saturated carbocycles. The summed E-state index contributed by atoms with van der Waals surface area (Å²) in [4.78, 5) is 12.5. The number of rotatable bonds is 2. The second-order valence-electron chi connectivity index (χ2n) is 5.44. The van der Waals surface area contributed by atoms with E-state index in [4.69, 9.17) is 9.47 Å². The Labute approximate surface area is 123 Å². The number of allylic oxidation sites excluding steroid dienone is 1. The number of carbonyl (C=O) groups is 1. The second-order valence-corrected chi connectivity index (χ2v) is 5.44. The summed E-state index contributed by atoms with van der Waals surface area (Å²) >= 11 is 0. The van der Waals surface area contributed by atoms with Gasteiger partial charge in [0.1, 0.15) is 11.2 Å². The first-order chi connectivity index (χ1) is 10.2. The molecule has 0 radical (unpaired) electrons. The van der Waals surface area contributed by atoms with Gasteiger partial charge in [0.05, 0.1) is 20.3 Å². The molecule has 2 aliphatic rings. The summed E-state index contributed by atoms with van der Waals surface area (Å²) < 4.78 is 23.7. The maximum atomic E-state index is 13.2. The molecular weight excluding hydrogens is 271 g/mol. The molecule has 3 rings (SSSR count). The second kappa shape index (κ2) is 5.45. The predicted molar refractivity (Wildman–Crippen MR) is 76.2 cm³/mol. The average molecular weight is 288 g/mol. The number of halogens is 1. The first-order valence-electron chi connectivity index (χ1n) is 6.96. The van der Waals surface area contributed by atoms with Crippen molar-refractivity contribution in [2.75, 3.05) is 20.3 Å². The number of fused-ring (bicyclic) bond motifs is 1. The van der Waals surface area contributed by atoms with Gasteiger partial charge in [-0.2, -0.15) is 0 Å². The highest BCUT2D eigenvalue weighted by Crippen LogP contribution is 2.38. The highest BCUT2D eigenvalue weighted by atomic mass is 19.1. The molecule has 110 valence electrons. The minimum Gasteiger partial charge on any atom is -0.468 e. The number of benzene rings is 1. The molecule has 0 aromatic heterocycles. The van der Waals surface area contributed by atoms with Crippen molar-refractivity contribution in [2.24, 2.45) is 5.92 Å². The van der Waals surface area contributed by atoms with Crippen molar-refractivity contribution < 1.29 is 18.7 Å². The molecule has 1 aromatic carbocycles. The molecule has 3 nitrogen and oxygen atoms in total. The molecule has 21 heavy (non-hydrogen) atoms. The molecule has 1 heterocycles.